The quantitative estimate of drug-likeness (QED) is 0.647. The first-order chi connectivity index (χ1) is 6.05. The van der Waals surface area contributed by atoms with E-state index in [-0.39, 0.29) is 0 Å². The van der Waals surface area contributed by atoms with Crippen LogP contribution in [-0.2, 0) is 0 Å². The standard InChI is InChI=1S/C12H18S/c1-5-12(3,4)13-11-9-7-6-8-10(11)2/h6-9H,5H2,1-4H3. The van der Waals surface area contributed by atoms with E-state index in [1.165, 1.54) is 16.9 Å². The van der Waals surface area contributed by atoms with Crippen molar-refractivity contribution in [3.05, 3.63) is 29.8 Å². The van der Waals surface area contributed by atoms with Crippen molar-refractivity contribution < 1.29 is 0 Å². The highest BCUT2D eigenvalue weighted by atomic mass is 32.2. The molecule has 0 fully saturated rings. The summed E-state index contributed by atoms with van der Waals surface area (Å²) in [6.07, 6.45) is 1.20. The van der Waals surface area contributed by atoms with Crippen LogP contribution < -0.4 is 0 Å². The van der Waals surface area contributed by atoms with Gasteiger partial charge in [0.2, 0.25) is 0 Å². The van der Waals surface area contributed by atoms with Gasteiger partial charge < -0.3 is 0 Å². The average molecular weight is 194 g/mol. The molecule has 0 aromatic heterocycles. The summed E-state index contributed by atoms with van der Waals surface area (Å²) >= 11 is 1.97. The SMILES string of the molecule is CCC(C)(C)Sc1ccccc1C. The molecule has 0 nitrogen and oxygen atoms in total. The maximum Gasteiger partial charge on any atom is 0.0148 e. The Labute approximate surface area is 85.7 Å². The van der Waals surface area contributed by atoms with E-state index >= 15 is 0 Å². The van der Waals surface area contributed by atoms with E-state index < -0.39 is 0 Å². The molecule has 0 spiro atoms. The van der Waals surface area contributed by atoms with Crippen LogP contribution in [0.15, 0.2) is 29.2 Å². The predicted molar refractivity (Wildman–Crippen MR) is 61.4 cm³/mol. The molecule has 1 heteroatoms. The summed E-state index contributed by atoms with van der Waals surface area (Å²) in [5.74, 6) is 0. The van der Waals surface area contributed by atoms with Gasteiger partial charge in [0.15, 0.2) is 0 Å². The van der Waals surface area contributed by atoms with Gasteiger partial charge in [-0.05, 0) is 25.0 Å². The molecule has 0 bridgehead atoms. The van der Waals surface area contributed by atoms with Gasteiger partial charge in [0, 0.05) is 9.64 Å². The van der Waals surface area contributed by atoms with Gasteiger partial charge >= 0.3 is 0 Å². The molecule has 0 atom stereocenters. The molecule has 1 aromatic rings. The number of thioether (sulfide) groups is 1. The second-order valence-electron chi connectivity index (χ2n) is 3.98. The van der Waals surface area contributed by atoms with Crippen LogP contribution in [0.5, 0.6) is 0 Å². The highest BCUT2D eigenvalue weighted by molar-refractivity contribution is 8.00. The minimum absolute atomic E-state index is 0.353. The summed E-state index contributed by atoms with van der Waals surface area (Å²) < 4.78 is 0.353. The second-order valence-corrected chi connectivity index (χ2v) is 5.73. The molecule has 0 saturated heterocycles. The van der Waals surface area contributed by atoms with Gasteiger partial charge in [-0.15, -0.1) is 11.8 Å². The van der Waals surface area contributed by atoms with E-state index in [0.29, 0.717) is 4.75 Å². The Bertz CT molecular complexity index is 276. The van der Waals surface area contributed by atoms with Crippen molar-refractivity contribution in [3.63, 3.8) is 0 Å². The summed E-state index contributed by atoms with van der Waals surface area (Å²) in [4.78, 5) is 1.41. The van der Waals surface area contributed by atoms with Gasteiger partial charge in [0.25, 0.3) is 0 Å². The Balaban J connectivity index is 2.80. The maximum atomic E-state index is 2.30. The molecule has 1 rings (SSSR count). The van der Waals surface area contributed by atoms with Crippen LogP contribution in [0.1, 0.15) is 32.8 Å². The van der Waals surface area contributed by atoms with Crippen molar-refractivity contribution in [2.45, 2.75) is 43.8 Å². The molecule has 0 radical (unpaired) electrons. The van der Waals surface area contributed by atoms with Gasteiger partial charge in [0.05, 0.1) is 0 Å². The van der Waals surface area contributed by atoms with Gasteiger partial charge in [-0.1, -0.05) is 39.0 Å². The lowest BCUT2D eigenvalue weighted by Crippen LogP contribution is -2.12. The van der Waals surface area contributed by atoms with Crippen LogP contribution in [0, 0.1) is 6.92 Å². The number of aryl methyl sites for hydroxylation is 1. The zero-order valence-electron chi connectivity index (χ0n) is 8.92. The molecular formula is C12H18S. The largest absolute Gasteiger partial charge is 0.120 e. The number of benzene rings is 1. The molecule has 0 amide bonds. The molecule has 0 aliphatic carbocycles. The molecule has 0 saturated carbocycles. The van der Waals surface area contributed by atoms with Gasteiger partial charge in [-0.3, -0.25) is 0 Å². The van der Waals surface area contributed by atoms with Crippen LogP contribution in [-0.4, -0.2) is 4.75 Å². The first-order valence-electron chi connectivity index (χ1n) is 4.80. The molecule has 0 N–H and O–H groups in total. The van der Waals surface area contributed by atoms with Crippen molar-refractivity contribution in [1.82, 2.24) is 0 Å². The fraction of sp³-hybridized carbons (Fsp3) is 0.500. The molecule has 0 unspecified atom stereocenters. The zero-order chi connectivity index (χ0) is 9.90. The van der Waals surface area contributed by atoms with E-state index in [1.54, 1.807) is 0 Å². The molecule has 0 aliphatic heterocycles. The van der Waals surface area contributed by atoms with E-state index in [0.717, 1.165) is 0 Å². The Morgan fingerprint density at radius 2 is 1.85 bits per heavy atom. The van der Waals surface area contributed by atoms with Crippen LogP contribution >= 0.6 is 11.8 Å². The summed E-state index contributed by atoms with van der Waals surface area (Å²) in [7, 11) is 0. The molecule has 1 aromatic carbocycles. The second kappa shape index (κ2) is 4.19. The lowest BCUT2D eigenvalue weighted by Gasteiger charge is -2.22. The predicted octanol–water partition coefficient (Wildman–Crippen LogP) is 4.28. The van der Waals surface area contributed by atoms with Crippen LogP contribution in [0.2, 0.25) is 0 Å². The molecule has 13 heavy (non-hydrogen) atoms. The molecule has 72 valence electrons. The Kier molecular flexibility index (Phi) is 3.43. The third kappa shape index (κ3) is 3.07. The van der Waals surface area contributed by atoms with Gasteiger partial charge in [0.1, 0.15) is 0 Å². The van der Waals surface area contributed by atoms with Crippen molar-refractivity contribution >= 4 is 11.8 Å². The third-order valence-electron chi connectivity index (χ3n) is 2.33. The highest BCUT2D eigenvalue weighted by Crippen LogP contribution is 2.36. The monoisotopic (exact) mass is 194 g/mol. The fourth-order valence-electron chi connectivity index (χ4n) is 1.04. The molecule has 0 aliphatic rings. The minimum atomic E-state index is 0.353. The van der Waals surface area contributed by atoms with Crippen molar-refractivity contribution in [2.75, 3.05) is 0 Å². The number of hydrogen-bond acceptors (Lipinski definition) is 1. The van der Waals surface area contributed by atoms with E-state index in [4.69, 9.17) is 0 Å². The topological polar surface area (TPSA) is 0 Å². The zero-order valence-corrected chi connectivity index (χ0v) is 9.74. The number of hydrogen-bond donors (Lipinski definition) is 0. The van der Waals surface area contributed by atoms with E-state index in [1.807, 2.05) is 11.8 Å². The normalized spacial score (nSPS) is 11.7. The maximum absolute atomic E-state index is 2.30. The molecular weight excluding hydrogens is 176 g/mol. The first-order valence-corrected chi connectivity index (χ1v) is 5.61. The lowest BCUT2D eigenvalue weighted by molar-refractivity contribution is 0.684. The van der Waals surface area contributed by atoms with Gasteiger partial charge in [-0.2, -0.15) is 0 Å². The Hall–Kier alpha value is -0.430. The van der Waals surface area contributed by atoms with E-state index in [2.05, 4.69) is 52.0 Å². The van der Waals surface area contributed by atoms with Gasteiger partial charge in [-0.25, -0.2) is 0 Å². The van der Waals surface area contributed by atoms with Crippen molar-refractivity contribution in [3.8, 4) is 0 Å². The smallest absolute Gasteiger partial charge is 0.0148 e. The summed E-state index contributed by atoms with van der Waals surface area (Å²) in [5, 5.41) is 0. The third-order valence-corrected chi connectivity index (χ3v) is 3.85. The fourth-order valence-corrected chi connectivity index (χ4v) is 2.16. The Morgan fingerprint density at radius 1 is 1.23 bits per heavy atom. The van der Waals surface area contributed by atoms with Crippen molar-refractivity contribution in [1.29, 1.82) is 0 Å². The van der Waals surface area contributed by atoms with Crippen LogP contribution in [0.4, 0.5) is 0 Å². The van der Waals surface area contributed by atoms with Crippen LogP contribution in [0.25, 0.3) is 0 Å². The summed E-state index contributed by atoms with van der Waals surface area (Å²) in [5.41, 5.74) is 1.38. The first kappa shape index (κ1) is 10.6. The summed E-state index contributed by atoms with van der Waals surface area (Å²) in [6.45, 7) is 9.01. The number of rotatable bonds is 3. The summed E-state index contributed by atoms with van der Waals surface area (Å²) in [6, 6.07) is 8.59. The lowest BCUT2D eigenvalue weighted by atomic mass is 10.1. The van der Waals surface area contributed by atoms with E-state index in [9.17, 15) is 0 Å². The highest BCUT2D eigenvalue weighted by Gasteiger charge is 2.17. The average Bonchev–Trinajstić information content (AvgIpc) is 2.09. The molecule has 0 heterocycles. The Morgan fingerprint density at radius 3 is 2.38 bits per heavy atom. The van der Waals surface area contributed by atoms with Crippen molar-refractivity contribution in [2.24, 2.45) is 0 Å². The van der Waals surface area contributed by atoms with Crippen LogP contribution in [0.3, 0.4) is 0 Å². The minimum Gasteiger partial charge on any atom is -0.120 e.